The van der Waals surface area contributed by atoms with Crippen molar-refractivity contribution in [2.75, 3.05) is 29.9 Å². The predicted molar refractivity (Wildman–Crippen MR) is 66.7 cm³/mol. The van der Waals surface area contributed by atoms with Crippen molar-refractivity contribution >= 4 is 11.8 Å². The number of hydrogen-bond acceptors (Lipinski definition) is 4. The monoisotopic (exact) mass is 220 g/mol. The molecule has 1 aromatic heterocycles. The van der Waals surface area contributed by atoms with Gasteiger partial charge in [0.05, 0.1) is 0 Å². The van der Waals surface area contributed by atoms with E-state index in [0.29, 0.717) is 0 Å². The van der Waals surface area contributed by atoms with Gasteiger partial charge in [0, 0.05) is 25.8 Å². The summed E-state index contributed by atoms with van der Waals surface area (Å²) in [6, 6.07) is 1.99. The fraction of sp³-hybridized carbons (Fsp3) is 0.667. The minimum absolute atomic E-state index is 0.729. The maximum absolute atomic E-state index is 4.52. The first-order valence-corrected chi connectivity index (χ1v) is 6.02. The average Bonchev–Trinajstić information content (AvgIpc) is 2.60. The lowest BCUT2D eigenvalue weighted by molar-refractivity contribution is 0.494. The van der Waals surface area contributed by atoms with Gasteiger partial charge in [-0.05, 0) is 24.8 Å². The third-order valence-corrected chi connectivity index (χ3v) is 3.29. The van der Waals surface area contributed by atoms with Crippen LogP contribution < -0.4 is 10.2 Å². The predicted octanol–water partition coefficient (Wildman–Crippen LogP) is 2.00. The van der Waals surface area contributed by atoms with Crippen molar-refractivity contribution in [3.05, 3.63) is 12.3 Å². The first-order chi connectivity index (χ1) is 7.70. The smallest absolute Gasteiger partial charge is 0.224 e. The van der Waals surface area contributed by atoms with Crippen LogP contribution >= 0.6 is 0 Å². The van der Waals surface area contributed by atoms with Gasteiger partial charge in [-0.2, -0.15) is 4.98 Å². The van der Waals surface area contributed by atoms with E-state index in [4.69, 9.17) is 0 Å². The zero-order chi connectivity index (χ0) is 11.5. The molecule has 4 nitrogen and oxygen atoms in total. The highest BCUT2D eigenvalue weighted by atomic mass is 15.2. The molecule has 0 aliphatic carbocycles. The molecule has 1 N–H and O–H groups in total. The van der Waals surface area contributed by atoms with Gasteiger partial charge < -0.3 is 10.2 Å². The van der Waals surface area contributed by atoms with E-state index in [-0.39, 0.29) is 0 Å². The lowest BCUT2D eigenvalue weighted by atomic mass is 10.0. The van der Waals surface area contributed by atoms with Gasteiger partial charge in [-0.25, -0.2) is 4.98 Å². The van der Waals surface area contributed by atoms with Crippen LogP contribution in [0.4, 0.5) is 11.8 Å². The number of nitrogens with zero attached hydrogens (tertiary/aromatic N) is 3. The molecule has 2 atom stereocenters. The van der Waals surface area contributed by atoms with E-state index in [1.807, 2.05) is 12.3 Å². The molecule has 2 heterocycles. The Morgan fingerprint density at radius 2 is 2.06 bits per heavy atom. The Balaban J connectivity index is 2.12. The maximum atomic E-state index is 4.52. The molecule has 16 heavy (non-hydrogen) atoms. The zero-order valence-corrected chi connectivity index (χ0v) is 10.3. The summed E-state index contributed by atoms with van der Waals surface area (Å²) in [6.45, 7) is 9.72. The van der Waals surface area contributed by atoms with Crippen molar-refractivity contribution in [1.82, 2.24) is 9.97 Å². The average molecular weight is 220 g/mol. The second-order valence-electron chi connectivity index (χ2n) is 4.63. The molecule has 0 bridgehead atoms. The summed E-state index contributed by atoms with van der Waals surface area (Å²) in [7, 11) is 0. The minimum Gasteiger partial charge on any atom is -0.356 e. The van der Waals surface area contributed by atoms with Gasteiger partial charge in [0.1, 0.15) is 5.82 Å². The van der Waals surface area contributed by atoms with E-state index >= 15 is 0 Å². The lowest BCUT2D eigenvalue weighted by Crippen LogP contribution is -2.21. The van der Waals surface area contributed by atoms with Crippen LogP contribution in [0.1, 0.15) is 20.8 Å². The van der Waals surface area contributed by atoms with E-state index in [1.54, 1.807) is 0 Å². The molecular weight excluding hydrogens is 200 g/mol. The summed E-state index contributed by atoms with van der Waals surface area (Å²) in [5, 5.41) is 3.14. The Morgan fingerprint density at radius 3 is 2.69 bits per heavy atom. The molecule has 1 saturated heterocycles. The normalized spacial score (nSPS) is 24.8. The molecule has 1 aromatic rings. The van der Waals surface area contributed by atoms with Gasteiger partial charge in [0.25, 0.3) is 0 Å². The second-order valence-corrected chi connectivity index (χ2v) is 4.63. The Hall–Kier alpha value is -1.32. The number of hydrogen-bond donors (Lipinski definition) is 1. The standard InChI is InChI=1S/C12H20N4/c1-4-13-12-14-6-5-11(15-12)16-7-9(2)10(3)8-16/h5-6,9-10H,4,7-8H2,1-3H3,(H,13,14,15). The minimum atomic E-state index is 0.729. The summed E-state index contributed by atoms with van der Waals surface area (Å²) >= 11 is 0. The third-order valence-electron chi connectivity index (χ3n) is 3.29. The summed E-state index contributed by atoms with van der Waals surface area (Å²) in [6.07, 6.45) is 1.83. The molecule has 4 heteroatoms. The quantitative estimate of drug-likeness (QED) is 0.846. The van der Waals surface area contributed by atoms with Crippen LogP contribution in [0.3, 0.4) is 0 Å². The molecule has 1 aliphatic heterocycles. The Labute approximate surface area is 97.1 Å². The molecule has 1 aliphatic rings. The molecule has 2 rings (SSSR count). The van der Waals surface area contributed by atoms with E-state index in [0.717, 1.165) is 43.2 Å². The molecule has 88 valence electrons. The van der Waals surface area contributed by atoms with E-state index in [2.05, 4.69) is 41.0 Å². The number of rotatable bonds is 3. The fourth-order valence-electron chi connectivity index (χ4n) is 2.09. The van der Waals surface area contributed by atoms with Crippen LogP contribution in [0.5, 0.6) is 0 Å². The van der Waals surface area contributed by atoms with Crippen molar-refractivity contribution in [1.29, 1.82) is 0 Å². The fourth-order valence-corrected chi connectivity index (χ4v) is 2.09. The van der Waals surface area contributed by atoms with Crippen molar-refractivity contribution in [2.45, 2.75) is 20.8 Å². The molecule has 0 saturated carbocycles. The molecule has 2 unspecified atom stereocenters. The van der Waals surface area contributed by atoms with E-state index in [9.17, 15) is 0 Å². The highest BCUT2D eigenvalue weighted by Crippen LogP contribution is 2.26. The summed E-state index contributed by atoms with van der Waals surface area (Å²) in [5.74, 6) is 3.27. The van der Waals surface area contributed by atoms with Gasteiger partial charge >= 0.3 is 0 Å². The van der Waals surface area contributed by atoms with Gasteiger partial charge in [-0.15, -0.1) is 0 Å². The number of nitrogens with one attached hydrogen (secondary N) is 1. The third kappa shape index (κ3) is 2.26. The van der Waals surface area contributed by atoms with Crippen molar-refractivity contribution < 1.29 is 0 Å². The molecule has 0 amide bonds. The lowest BCUT2D eigenvalue weighted by Gasteiger charge is -2.17. The molecule has 0 spiro atoms. The Kier molecular flexibility index (Phi) is 3.27. The van der Waals surface area contributed by atoms with Crippen LogP contribution in [-0.4, -0.2) is 29.6 Å². The summed E-state index contributed by atoms with van der Waals surface area (Å²) < 4.78 is 0. The molecular formula is C12H20N4. The first-order valence-electron chi connectivity index (χ1n) is 6.02. The Bertz CT molecular complexity index is 343. The van der Waals surface area contributed by atoms with Gasteiger partial charge in [0.2, 0.25) is 5.95 Å². The number of anilines is 2. The van der Waals surface area contributed by atoms with Gasteiger partial charge in [-0.3, -0.25) is 0 Å². The van der Waals surface area contributed by atoms with Crippen molar-refractivity contribution in [2.24, 2.45) is 11.8 Å². The van der Waals surface area contributed by atoms with Crippen molar-refractivity contribution in [3.63, 3.8) is 0 Å². The second kappa shape index (κ2) is 4.68. The summed E-state index contributed by atoms with van der Waals surface area (Å²) in [5.41, 5.74) is 0. The number of aromatic nitrogens is 2. The maximum Gasteiger partial charge on any atom is 0.224 e. The van der Waals surface area contributed by atoms with Gasteiger partial charge in [-0.1, -0.05) is 13.8 Å². The summed E-state index contributed by atoms with van der Waals surface area (Å²) in [4.78, 5) is 11.1. The SMILES string of the molecule is CCNc1nccc(N2CC(C)C(C)C2)n1. The van der Waals surface area contributed by atoms with Crippen LogP contribution in [0.25, 0.3) is 0 Å². The first kappa shape index (κ1) is 11.2. The highest BCUT2D eigenvalue weighted by Gasteiger charge is 2.26. The van der Waals surface area contributed by atoms with E-state index in [1.165, 1.54) is 0 Å². The molecule has 1 fully saturated rings. The van der Waals surface area contributed by atoms with Gasteiger partial charge in [0.15, 0.2) is 0 Å². The molecule has 0 aromatic carbocycles. The van der Waals surface area contributed by atoms with Crippen LogP contribution in [0.15, 0.2) is 12.3 Å². The largest absolute Gasteiger partial charge is 0.356 e. The highest BCUT2D eigenvalue weighted by molar-refractivity contribution is 5.43. The van der Waals surface area contributed by atoms with Crippen LogP contribution in [-0.2, 0) is 0 Å². The van der Waals surface area contributed by atoms with Crippen molar-refractivity contribution in [3.8, 4) is 0 Å². The topological polar surface area (TPSA) is 41.1 Å². The van der Waals surface area contributed by atoms with Crippen LogP contribution in [0.2, 0.25) is 0 Å². The van der Waals surface area contributed by atoms with E-state index < -0.39 is 0 Å². The Morgan fingerprint density at radius 1 is 1.38 bits per heavy atom. The zero-order valence-electron chi connectivity index (χ0n) is 10.3. The van der Waals surface area contributed by atoms with Crippen LogP contribution in [0, 0.1) is 11.8 Å². The molecule has 0 radical (unpaired) electrons.